The zero-order valence-corrected chi connectivity index (χ0v) is 46.9. The van der Waals surface area contributed by atoms with E-state index in [1.807, 2.05) is 58.2 Å². The monoisotopic (exact) mass is 1130 g/mol. The highest BCUT2D eigenvalue weighted by atomic mass is 19.4. The first kappa shape index (κ1) is 60.0. The van der Waals surface area contributed by atoms with Gasteiger partial charge in [0.15, 0.2) is 0 Å². The number of rotatable bonds is 24. The van der Waals surface area contributed by atoms with Crippen LogP contribution in [-0.4, -0.2) is 153 Å². The Hall–Kier alpha value is -8.12. The molecule has 0 unspecified atom stereocenters. The van der Waals surface area contributed by atoms with Gasteiger partial charge >= 0.3 is 6.18 Å². The minimum atomic E-state index is -4.49. The van der Waals surface area contributed by atoms with E-state index in [-0.39, 0.29) is 68.1 Å². The van der Waals surface area contributed by atoms with Crippen LogP contribution in [0.2, 0.25) is 0 Å². The van der Waals surface area contributed by atoms with Gasteiger partial charge in [-0.25, -0.2) is 4.68 Å². The minimum absolute atomic E-state index is 0.00717. The molecule has 20 heteroatoms. The lowest BCUT2D eigenvalue weighted by atomic mass is 10.0. The summed E-state index contributed by atoms with van der Waals surface area (Å²) >= 11 is 0. The second kappa shape index (κ2) is 29.0. The Labute approximate surface area is 476 Å². The summed E-state index contributed by atoms with van der Waals surface area (Å²) in [5.74, 6) is 5.54. The van der Waals surface area contributed by atoms with Gasteiger partial charge in [0.1, 0.15) is 18.3 Å². The molecular weight excluding hydrogens is 1060 g/mol. The number of methoxy groups -OCH3 is 1. The number of benzene rings is 4. The normalized spacial score (nSPS) is 14.8. The van der Waals surface area contributed by atoms with Crippen molar-refractivity contribution in [3.8, 4) is 34.5 Å². The smallest absolute Gasteiger partial charge is 0.406 e. The lowest BCUT2D eigenvalue weighted by Gasteiger charge is -2.34. The quantitative estimate of drug-likeness (QED) is 0.0259. The molecule has 0 spiro atoms. The van der Waals surface area contributed by atoms with E-state index in [1.165, 1.54) is 30.4 Å². The molecule has 4 heterocycles. The number of hydrogen-bond acceptors (Lipinski definition) is 11. The highest BCUT2D eigenvalue weighted by Gasteiger charge is 2.32. The molecule has 6 aromatic rings. The number of aromatic nitrogens is 3. The zero-order chi connectivity index (χ0) is 58.0. The van der Waals surface area contributed by atoms with Crippen molar-refractivity contribution in [2.24, 2.45) is 0 Å². The number of carbonyl (C=O) groups excluding carboxylic acids is 4. The number of fused-ring (bicyclic) bond motifs is 1. The fraction of sp³-hybridized carbons (Fsp3) is 0.403. The largest absolute Gasteiger partial charge is 0.495 e. The van der Waals surface area contributed by atoms with Gasteiger partial charge in [0.25, 0.3) is 5.91 Å². The molecule has 0 bridgehead atoms. The second-order valence-corrected chi connectivity index (χ2v) is 20.2. The van der Waals surface area contributed by atoms with Gasteiger partial charge in [-0.05, 0) is 124 Å². The molecule has 2 saturated heterocycles. The number of carbonyl (C=O) groups is 4. The topological polar surface area (TPSA) is 183 Å². The van der Waals surface area contributed by atoms with Gasteiger partial charge in [0, 0.05) is 79.3 Å². The first-order valence-electron chi connectivity index (χ1n) is 27.8. The number of hydrogen-bond donors (Lipinski definition) is 4. The maximum atomic E-state index is 13.9. The third-order valence-electron chi connectivity index (χ3n) is 14.6. The molecular formula is C62H72F3N9O8. The number of nitrogens with zero attached hydrogens (tertiary/aromatic N) is 5. The average molecular weight is 1130 g/mol. The van der Waals surface area contributed by atoms with Gasteiger partial charge in [0.2, 0.25) is 17.7 Å². The highest BCUT2D eigenvalue weighted by molar-refractivity contribution is 5.97. The third-order valence-corrected chi connectivity index (χ3v) is 14.6. The van der Waals surface area contributed by atoms with Crippen LogP contribution in [0.25, 0.3) is 33.9 Å². The Morgan fingerprint density at radius 3 is 2.29 bits per heavy atom. The molecule has 4 N–H and O–H groups in total. The predicted octanol–water partition coefficient (Wildman–Crippen LogP) is 8.56. The number of amides is 4. The summed E-state index contributed by atoms with van der Waals surface area (Å²) < 4.78 is 67.1. The summed E-state index contributed by atoms with van der Waals surface area (Å²) in [6, 6.07) is 27.2. The maximum Gasteiger partial charge on any atom is 0.406 e. The summed E-state index contributed by atoms with van der Waals surface area (Å²) in [7, 11) is 3.00. The number of aryl methyl sites for hydroxylation is 2. The molecule has 17 nitrogen and oxygen atoms in total. The SMILES string of the molecule is CNC(=O)c1ccc(NCC#Cc2cc3c(NC4CCN(C(=O)CCOCCOCCOCCNC(=O)[C@@H]5CCCCN5C(=O)/C=C/c5cn(-c6ccccc6)nc5-c5ccc(C)c(C)c5)CC4)cccc3n2CC(F)(F)F)c(OC)c1. The van der Waals surface area contributed by atoms with Gasteiger partial charge in [-0.2, -0.15) is 18.3 Å². The van der Waals surface area contributed by atoms with E-state index in [1.54, 1.807) is 47.4 Å². The summed E-state index contributed by atoms with van der Waals surface area (Å²) in [6.45, 7) is 6.61. The van der Waals surface area contributed by atoms with Crippen molar-refractivity contribution >= 4 is 52.0 Å². The highest BCUT2D eigenvalue weighted by Crippen LogP contribution is 2.33. The van der Waals surface area contributed by atoms with Crippen molar-refractivity contribution in [3.05, 3.63) is 131 Å². The van der Waals surface area contributed by atoms with E-state index in [0.29, 0.717) is 98.9 Å². The van der Waals surface area contributed by atoms with Crippen LogP contribution in [0.3, 0.4) is 0 Å². The van der Waals surface area contributed by atoms with Crippen LogP contribution in [0, 0.1) is 25.7 Å². The van der Waals surface area contributed by atoms with Crippen molar-refractivity contribution in [3.63, 3.8) is 0 Å². The fourth-order valence-electron chi connectivity index (χ4n) is 10.0. The molecule has 2 aliphatic rings. The maximum absolute atomic E-state index is 13.9. The van der Waals surface area contributed by atoms with Crippen molar-refractivity contribution in [2.75, 3.05) is 97.2 Å². The van der Waals surface area contributed by atoms with Crippen molar-refractivity contribution < 1.29 is 51.3 Å². The molecule has 2 aromatic heterocycles. The Morgan fingerprint density at radius 1 is 0.805 bits per heavy atom. The fourth-order valence-corrected chi connectivity index (χ4v) is 10.0. The van der Waals surface area contributed by atoms with Crippen molar-refractivity contribution in [1.29, 1.82) is 0 Å². The Bertz CT molecular complexity index is 3250. The van der Waals surface area contributed by atoms with Gasteiger partial charge < -0.3 is 54.6 Å². The molecule has 4 aromatic carbocycles. The number of nitrogens with one attached hydrogen (secondary N) is 4. The van der Waals surface area contributed by atoms with Gasteiger partial charge in [-0.15, -0.1) is 0 Å². The number of ether oxygens (including phenoxy) is 4. The van der Waals surface area contributed by atoms with Crippen LogP contribution >= 0.6 is 0 Å². The van der Waals surface area contributed by atoms with Gasteiger partial charge in [-0.1, -0.05) is 42.3 Å². The lowest BCUT2D eigenvalue weighted by Crippen LogP contribution is -2.51. The predicted molar refractivity (Wildman–Crippen MR) is 310 cm³/mol. The summed E-state index contributed by atoms with van der Waals surface area (Å²) in [5, 5.41) is 17.6. The van der Waals surface area contributed by atoms with Crippen LogP contribution in [0.15, 0.2) is 103 Å². The van der Waals surface area contributed by atoms with Crippen LogP contribution < -0.4 is 26.0 Å². The number of piperidine rings is 2. The number of para-hydroxylation sites is 1. The second-order valence-electron chi connectivity index (χ2n) is 20.2. The molecule has 4 amide bonds. The Morgan fingerprint density at radius 2 is 1.56 bits per heavy atom. The third kappa shape index (κ3) is 16.3. The summed E-state index contributed by atoms with van der Waals surface area (Å²) in [4.78, 5) is 55.6. The molecule has 8 rings (SSSR count). The van der Waals surface area contributed by atoms with E-state index in [9.17, 15) is 32.3 Å². The van der Waals surface area contributed by atoms with E-state index in [4.69, 9.17) is 24.0 Å². The molecule has 2 aliphatic heterocycles. The van der Waals surface area contributed by atoms with Crippen molar-refractivity contribution in [2.45, 2.75) is 77.2 Å². The van der Waals surface area contributed by atoms with E-state index in [0.717, 1.165) is 40.9 Å². The minimum Gasteiger partial charge on any atom is -0.495 e. The van der Waals surface area contributed by atoms with E-state index in [2.05, 4.69) is 59.1 Å². The molecule has 0 aliphatic carbocycles. The molecule has 1 atom stereocenters. The lowest BCUT2D eigenvalue weighted by molar-refractivity contribution is -0.140. The molecule has 434 valence electrons. The average Bonchev–Trinajstić information content (AvgIpc) is 4.31. The molecule has 0 saturated carbocycles. The van der Waals surface area contributed by atoms with Crippen LogP contribution in [-0.2, 0) is 35.1 Å². The van der Waals surface area contributed by atoms with Gasteiger partial charge in [-0.3, -0.25) is 19.2 Å². The zero-order valence-electron chi connectivity index (χ0n) is 46.9. The molecule has 2 fully saturated rings. The van der Waals surface area contributed by atoms with Crippen LogP contribution in [0.1, 0.15) is 71.3 Å². The first-order chi connectivity index (χ1) is 39.7. The number of alkyl halides is 3. The number of halogens is 3. The van der Waals surface area contributed by atoms with Gasteiger partial charge in [0.05, 0.1) is 88.0 Å². The van der Waals surface area contributed by atoms with Crippen molar-refractivity contribution in [1.82, 2.24) is 34.8 Å². The Balaban J connectivity index is 0.703. The number of anilines is 2. The van der Waals surface area contributed by atoms with E-state index < -0.39 is 18.8 Å². The first-order valence-corrected chi connectivity index (χ1v) is 27.8. The molecule has 0 radical (unpaired) electrons. The standard InChI is InChI=1S/C62H72F3N9O8/c1-43-18-19-45(38-44(43)2)59-47(41-74(70-59)49-12-6-5-7-13-49)21-23-58(76)72-29-9-8-16-55(72)61(78)68-28-33-81-35-37-82-36-34-80-32-26-57(75)71-30-24-48(25-31-71)69-52-15-10-17-54-51(52)40-50(73(54)42-62(63,64)65)14-11-27-67-53-22-20-46(60(77)66-3)39-56(53)79-4/h5-7,10,12-13,15,17-23,38-41,48,55,67,69H,8-9,16,24-37,42H2,1-4H3,(H,66,77)(H,68,78)/b23-21+/t55-/m0/s1. The van der Waals surface area contributed by atoms with E-state index >= 15 is 0 Å². The Kier molecular flexibility index (Phi) is 21.2. The molecule has 82 heavy (non-hydrogen) atoms. The van der Waals surface area contributed by atoms with Crippen LogP contribution in [0.5, 0.6) is 5.75 Å². The number of likely N-dealkylation sites (tertiary alicyclic amines) is 2. The summed E-state index contributed by atoms with van der Waals surface area (Å²) in [6.07, 6.45) is 4.51. The van der Waals surface area contributed by atoms with Crippen LogP contribution in [0.4, 0.5) is 24.5 Å². The summed E-state index contributed by atoms with van der Waals surface area (Å²) in [5.41, 5.74) is 8.01.